The van der Waals surface area contributed by atoms with Crippen LogP contribution < -0.4 is 5.73 Å². The summed E-state index contributed by atoms with van der Waals surface area (Å²) in [5, 5.41) is 9.61. The van der Waals surface area contributed by atoms with E-state index in [9.17, 15) is 5.11 Å². The van der Waals surface area contributed by atoms with Gasteiger partial charge < -0.3 is 15.4 Å². The average Bonchev–Trinajstić information content (AvgIpc) is 2.45. The van der Waals surface area contributed by atoms with E-state index in [4.69, 9.17) is 5.73 Å². The molecule has 3 N–H and O–H groups in total. The van der Waals surface area contributed by atoms with Crippen LogP contribution in [0.5, 0.6) is 5.75 Å². The smallest absolute Gasteiger partial charge is 0.201 e. The Kier molecular flexibility index (Phi) is 2.26. The molecule has 0 aliphatic carbocycles. The third-order valence-corrected chi connectivity index (χ3v) is 2.33. The summed E-state index contributed by atoms with van der Waals surface area (Å²) in [6, 6.07) is 5.34. The third kappa shape index (κ3) is 1.63. The second-order valence-electron chi connectivity index (χ2n) is 4.12. The van der Waals surface area contributed by atoms with E-state index in [1.807, 2.05) is 10.6 Å². The molecule has 4 nitrogen and oxygen atoms in total. The molecule has 0 spiro atoms. The minimum atomic E-state index is 0.182. The van der Waals surface area contributed by atoms with Crippen molar-refractivity contribution in [2.45, 2.75) is 20.4 Å². The molecule has 0 aliphatic heterocycles. The zero-order valence-corrected chi connectivity index (χ0v) is 8.94. The van der Waals surface area contributed by atoms with Crippen molar-refractivity contribution in [3.8, 4) is 5.75 Å². The van der Waals surface area contributed by atoms with Gasteiger partial charge >= 0.3 is 0 Å². The van der Waals surface area contributed by atoms with Gasteiger partial charge in [0.25, 0.3) is 0 Å². The van der Waals surface area contributed by atoms with Gasteiger partial charge in [-0.3, -0.25) is 0 Å². The normalized spacial score (nSPS) is 11.4. The third-order valence-electron chi connectivity index (χ3n) is 2.33. The molecule has 1 aromatic heterocycles. The van der Waals surface area contributed by atoms with Crippen LogP contribution in [0.1, 0.15) is 13.8 Å². The Balaban J connectivity index is 2.63. The zero-order chi connectivity index (χ0) is 11.0. The predicted octanol–water partition coefficient (Wildman–Crippen LogP) is 1.98. The number of nitrogens with two attached hydrogens (primary N) is 1. The topological polar surface area (TPSA) is 64.1 Å². The first-order chi connectivity index (χ1) is 7.09. The highest BCUT2D eigenvalue weighted by Crippen LogP contribution is 2.26. The Labute approximate surface area is 88.3 Å². The lowest BCUT2D eigenvalue weighted by molar-refractivity contribution is 0.480. The number of benzene rings is 1. The van der Waals surface area contributed by atoms with Crippen LogP contribution in [0.4, 0.5) is 5.95 Å². The monoisotopic (exact) mass is 205 g/mol. The Hall–Kier alpha value is -1.71. The second-order valence-corrected chi connectivity index (χ2v) is 4.12. The Morgan fingerprint density at radius 2 is 2.20 bits per heavy atom. The summed E-state index contributed by atoms with van der Waals surface area (Å²) in [7, 11) is 0. The minimum absolute atomic E-state index is 0.182. The van der Waals surface area contributed by atoms with Crippen molar-refractivity contribution in [1.29, 1.82) is 0 Å². The van der Waals surface area contributed by atoms with Gasteiger partial charge in [-0.25, -0.2) is 4.98 Å². The van der Waals surface area contributed by atoms with Crippen LogP contribution in [-0.4, -0.2) is 14.7 Å². The molecule has 4 heteroatoms. The molecule has 0 bridgehead atoms. The van der Waals surface area contributed by atoms with Gasteiger partial charge in [0.1, 0.15) is 11.3 Å². The van der Waals surface area contributed by atoms with E-state index in [-0.39, 0.29) is 5.75 Å². The zero-order valence-electron chi connectivity index (χ0n) is 8.94. The number of phenolic OH excluding ortho intramolecular Hbond substituents is 1. The molecule has 2 rings (SSSR count). The molecule has 0 radical (unpaired) electrons. The Morgan fingerprint density at radius 3 is 2.87 bits per heavy atom. The number of fused-ring (bicyclic) bond motifs is 1. The minimum Gasteiger partial charge on any atom is -0.506 e. The fourth-order valence-corrected chi connectivity index (χ4v) is 1.71. The van der Waals surface area contributed by atoms with E-state index in [0.29, 0.717) is 17.4 Å². The first-order valence-corrected chi connectivity index (χ1v) is 5.03. The van der Waals surface area contributed by atoms with Crippen molar-refractivity contribution >= 4 is 17.0 Å². The standard InChI is InChI=1S/C11H15N3O/c1-7(2)6-14-8-4-3-5-9(15)10(8)13-11(14)12/h3-5,7,15H,6H2,1-2H3,(H2,12,13). The number of phenols is 1. The molecular formula is C11H15N3O. The summed E-state index contributed by atoms with van der Waals surface area (Å²) in [6.07, 6.45) is 0. The molecule has 0 atom stereocenters. The molecule has 80 valence electrons. The maximum atomic E-state index is 9.61. The number of rotatable bonds is 2. The highest BCUT2D eigenvalue weighted by Gasteiger charge is 2.11. The van der Waals surface area contributed by atoms with Crippen molar-refractivity contribution in [2.75, 3.05) is 5.73 Å². The maximum Gasteiger partial charge on any atom is 0.201 e. The van der Waals surface area contributed by atoms with Crippen LogP contribution >= 0.6 is 0 Å². The summed E-state index contributed by atoms with van der Waals surface area (Å²) in [5.41, 5.74) is 7.28. The number of hydrogen-bond donors (Lipinski definition) is 2. The van der Waals surface area contributed by atoms with Gasteiger partial charge in [-0.1, -0.05) is 19.9 Å². The van der Waals surface area contributed by atoms with E-state index in [0.717, 1.165) is 12.1 Å². The van der Waals surface area contributed by atoms with Crippen LogP contribution in [0, 0.1) is 5.92 Å². The molecule has 2 aromatic rings. The predicted molar refractivity (Wildman–Crippen MR) is 60.6 cm³/mol. The van der Waals surface area contributed by atoms with Crippen molar-refractivity contribution in [3.63, 3.8) is 0 Å². The van der Waals surface area contributed by atoms with E-state index in [1.165, 1.54) is 0 Å². The summed E-state index contributed by atoms with van der Waals surface area (Å²) < 4.78 is 1.93. The van der Waals surface area contributed by atoms with Crippen molar-refractivity contribution in [3.05, 3.63) is 18.2 Å². The second kappa shape index (κ2) is 3.46. The molecule has 0 saturated carbocycles. The molecular weight excluding hydrogens is 190 g/mol. The molecule has 0 unspecified atom stereocenters. The number of para-hydroxylation sites is 1. The van der Waals surface area contributed by atoms with Gasteiger partial charge in [0.15, 0.2) is 0 Å². The van der Waals surface area contributed by atoms with Crippen LogP contribution in [0.2, 0.25) is 0 Å². The summed E-state index contributed by atoms with van der Waals surface area (Å²) in [6.45, 7) is 5.05. The number of nitrogen functional groups attached to an aromatic ring is 1. The van der Waals surface area contributed by atoms with Crippen LogP contribution in [0.25, 0.3) is 11.0 Å². The quantitative estimate of drug-likeness (QED) is 0.788. The number of nitrogens with zero attached hydrogens (tertiary/aromatic N) is 2. The van der Waals surface area contributed by atoms with E-state index in [1.54, 1.807) is 12.1 Å². The largest absolute Gasteiger partial charge is 0.506 e. The van der Waals surface area contributed by atoms with Crippen molar-refractivity contribution in [2.24, 2.45) is 5.92 Å². The van der Waals surface area contributed by atoms with Gasteiger partial charge in [0.05, 0.1) is 5.52 Å². The highest BCUT2D eigenvalue weighted by molar-refractivity contribution is 5.83. The first-order valence-electron chi connectivity index (χ1n) is 5.03. The molecule has 0 amide bonds. The SMILES string of the molecule is CC(C)Cn1c(N)nc2c(O)cccc21. The fraction of sp³-hybridized carbons (Fsp3) is 0.364. The first kappa shape index (κ1) is 9.83. The highest BCUT2D eigenvalue weighted by atomic mass is 16.3. The molecule has 0 fully saturated rings. The van der Waals surface area contributed by atoms with Crippen molar-refractivity contribution < 1.29 is 5.11 Å². The molecule has 0 aliphatic rings. The van der Waals surface area contributed by atoms with Crippen LogP contribution in [0.3, 0.4) is 0 Å². The van der Waals surface area contributed by atoms with E-state index < -0.39 is 0 Å². The fourth-order valence-electron chi connectivity index (χ4n) is 1.71. The summed E-state index contributed by atoms with van der Waals surface area (Å²) in [5.74, 6) is 1.13. The number of anilines is 1. The lowest BCUT2D eigenvalue weighted by Gasteiger charge is -2.08. The van der Waals surface area contributed by atoms with Gasteiger partial charge in [-0.2, -0.15) is 0 Å². The van der Waals surface area contributed by atoms with Crippen LogP contribution in [-0.2, 0) is 6.54 Å². The molecule has 15 heavy (non-hydrogen) atoms. The number of aromatic hydroxyl groups is 1. The lowest BCUT2D eigenvalue weighted by atomic mass is 10.2. The van der Waals surface area contributed by atoms with Gasteiger partial charge in [-0.15, -0.1) is 0 Å². The van der Waals surface area contributed by atoms with Gasteiger partial charge in [-0.05, 0) is 18.1 Å². The van der Waals surface area contributed by atoms with Crippen molar-refractivity contribution in [1.82, 2.24) is 9.55 Å². The average molecular weight is 205 g/mol. The molecule has 0 saturated heterocycles. The van der Waals surface area contributed by atoms with Crippen LogP contribution in [0.15, 0.2) is 18.2 Å². The lowest BCUT2D eigenvalue weighted by Crippen LogP contribution is -2.07. The Bertz CT molecular complexity index is 488. The van der Waals surface area contributed by atoms with E-state index >= 15 is 0 Å². The molecule has 1 heterocycles. The maximum absolute atomic E-state index is 9.61. The van der Waals surface area contributed by atoms with E-state index in [2.05, 4.69) is 18.8 Å². The summed E-state index contributed by atoms with van der Waals surface area (Å²) >= 11 is 0. The number of aromatic nitrogens is 2. The number of hydrogen-bond acceptors (Lipinski definition) is 3. The summed E-state index contributed by atoms with van der Waals surface area (Å²) in [4.78, 5) is 4.16. The van der Waals surface area contributed by atoms with Gasteiger partial charge in [0.2, 0.25) is 5.95 Å². The number of imidazole rings is 1. The van der Waals surface area contributed by atoms with Gasteiger partial charge in [0, 0.05) is 6.54 Å². The molecule has 1 aromatic carbocycles. The Morgan fingerprint density at radius 1 is 1.47 bits per heavy atom.